The van der Waals surface area contributed by atoms with E-state index in [0.717, 1.165) is 24.2 Å². The minimum Gasteiger partial charge on any atom is -0.353 e. The van der Waals surface area contributed by atoms with E-state index in [1.54, 1.807) is 0 Å². The molecular weight excluding hydrogens is 362 g/mol. The van der Waals surface area contributed by atoms with Crippen LogP contribution in [0.3, 0.4) is 0 Å². The van der Waals surface area contributed by atoms with Crippen LogP contribution in [-0.4, -0.2) is 44.1 Å². The number of amides is 1. The maximum absolute atomic E-state index is 12.8. The van der Waals surface area contributed by atoms with Gasteiger partial charge in [-0.3, -0.25) is 4.79 Å². The molecule has 140 valence electrons. The maximum Gasteiger partial charge on any atom is 0.446 e. The number of hydrogen-bond donors (Lipinski definition) is 0. The van der Waals surface area contributed by atoms with Gasteiger partial charge in [0, 0.05) is 23.7 Å². The summed E-state index contributed by atoms with van der Waals surface area (Å²) in [5.41, 5.74) is -4.06. The van der Waals surface area contributed by atoms with Gasteiger partial charge in [-0.15, -0.1) is 0 Å². The molecule has 0 radical (unpaired) electrons. The molecule has 1 amide bonds. The van der Waals surface area contributed by atoms with E-state index in [9.17, 15) is 22.4 Å². The van der Waals surface area contributed by atoms with Gasteiger partial charge in [0.2, 0.25) is 0 Å². The number of ether oxygens (including phenoxy) is 2. The van der Waals surface area contributed by atoms with Crippen molar-refractivity contribution in [1.82, 2.24) is 0 Å². The molecule has 0 bridgehead atoms. The SMILES string of the molecule is O=C(CF)N(CCOC1CCCCO1)c1ccc(SC(F)(F)F)cc1. The number of carbonyl (C=O) groups is 1. The second-order valence-corrected chi connectivity index (χ2v) is 6.53. The Morgan fingerprint density at radius 2 is 2.00 bits per heavy atom. The third-order valence-electron chi connectivity index (χ3n) is 3.55. The van der Waals surface area contributed by atoms with E-state index in [0.29, 0.717) is 12.3 Å². The number of halogens is 4. The van der Waals surface area contributed by atoms with E-state index < -0.39 is 18.1 Å². The molecule has 25 heavy (non-hydrogen) atoms. The Morgan fingerprint density at radius 3 is 2.56 bits per heavy atom. The van der Waals surface area contributed by atoms with Crippen molar-refractivity contribution in [1.29, 1.82) is 0 Å². The first-order valence-corrected chi connectivity index (χ1v) is 8.66. The number of nitrogens with zero attached hydrogens (tertiary/aromatic N) is 1. The topological polar surface area (TPSA) is 38.8 Å². The number of rotatable bonds is 7. The summed E-state index contributed by atoms with van der Waals surface area (Å²) < 4.78 is 60.8. The highest BCUT2D eigenvalue weighted by Crippen LogP contribution is 2.37. The van der Waals surface area contributed by atoms with Crippen molar-refractivity contribution >= 4 is 23.4 Å². The maximum atomic E-state index is 12.8. The van der Waals surface area contributed by atoms with Crippen LogP contribution < -0.4 is 4.90 Å². The van der Waals surface area contributed by atoms with Crippen molar-refractivity contribution in [3.63, 3.8) is 0 Å². The van der Waals surface area contributed by atoms with Crippen molar-refractivity contribution in [2.24, 2.45) is 0 Å². The fourth-order valence-electron chi connectivity index (χ4n) is 2.42. The number of anilines is 1. The highest BCUT2D eigenvalue weighted by molar-refractivity contribution is 8.00. The Morgan fingerprint density at radius 1 is 1.28 bits per heavy atom. The summed E-state index contributed by atoms with van der Waals surface area (Å²) in [6.07, 6.45) is 2.41. The first-order valence-electron chi connectivity index (χ1n) is 7.84. The summed E-state index contributed by atoms with van der Waals surface area (Å²) in [6.45, 7) is -0.334. The van der Waals surface area contributed by atoms with E-state index in [1.165, 1.54) is 24.3 Å². The first kappa shape index (κ1) is 20.0. The molecule has 1 saturated heterocycles. The van der Waals surface area contributed by atoms with Crippen LogP contribution in [0.25, 0.3) is 0 Å². The zero-order chi connectivity index (χ0) is 18.3. The van der Waals surface area contributed by atoms with Gasteiger partial charge in [-0.25, -0.2) is 4.39 Å². The second kappa shape index (κ2) is 9.40. The summed E-state index contributed by atoms with van der Waals surface area (Å²) >= 11 is -0.247. The van der Waals surface area contributed by atoms with Gasteiger partial charge in [0.25, 0.3) is 5.91 Å². The van der Waals surface area contributed by atoms with E-state index in [-0.39, 0.29) is 36.1 Å². The molecule has 0 aliphatic carbocycles. The fraction of sp³-hybridized carbons (Fsp3) is 0.562. The highest BCUT2D eigenvalue weighted by atomic mass is 32.2. The van der Waals surface area contributed by atoms with Gasteiger partial charge in [0.15, 0.2) is 13.0 Å². The molecular formula is C16H19F4NO3S. The summed E-state index contributed by atoms with van der Waals surface area (Å²) in [6, 6.07) is 5.21. The van der Waals surface area contributed by atoms with Crippen molar-refractivity contribution in [3.8, 4) is 0 Å². The Kier molecular flexibility index (Phi) is 7.52. The monoisotopic (exact) mass is 381 g/mol. The van der Waals surface area contributed by atoms with Gasteiger partial charge in [-0.05, 0) is 55.3 Å². The van der Waals surface area contributed by atoms with Gasteiger partial charge >= 0.3 is 5.51 Å². The van der Waals surface area contributed by atoms with Crippen LogP contribution in [0.15, 0.2) is 29.2 Å². The lowest BCUT2D eigenvalue weighted by Crippen LogP contribution is -2.36. The van der Waals surface area contributed by atoms with Gasteiger partial charge in [0.1, 0.15) is 0 Å². The average molecular weight is 381 g/mol. The molecule has 9 heteroatoms. The van der Waals surface area contributed by atoms with Crippen molar-refractivity contribution in [3.05, 3.63) is 24.3 Å². The third-order valence-corrected chi connectivity index (χ3v) is 4.29. The van der Waals surface area contributed by atoms with Crippen LogP contribution in [0, 0.1) is 0 Å². The van der Waals surface area contributed by atoms with Crippen molar-refractivity contribution in [2.45, 2.75) is 36.0 Å². The molecule has 0 aromatic heterocycles. The minimum absolute atomic E-state index is 0.00393. The summed E-state index contributed by atoms with van der Waals surface area (Å²) in [5.74, 6) is -0.774. The molecule has 1 aliphatic heterocycles. The quantitative estimate of drug-likeness (QED) is 0.526. The lowest BCUT2D eigenvalue weighted by Gasteiger charge is -2.26. The summed E-state index contributed by atoms with van der Waals surface area (Å²) in [5, 5.41) is 0. The molecule has 4 nitrogen and oxygen atoms in total. The minimum atomic E-state index is -4.39. The van der Waals surface area contributed by atoms with Gasteiger partial charge in [0.05, 0.1) is 6.61 Å². The van der Waals surface area contributed by atoms with Gasteiger partial charge in [-0.2, -0.15) is 13.2 Å². The number of hydrogen-bond acceptors (Lipinski definition) is 4. The highest BCUT2D eigenvalue weighted by Gasteiger charge is 2.29. The molecule has 1 unspecified atom stereocenters. The van der Waals surface area contributed by atoms with Crippen LogP contribution in [0.1, 0.15) is 19.3 Å². The van der Waals surface area contributed by atoms with E-state index >= 15 is 0 Å². The van der Waals surface area contributed by atoms with Crippen LogP contribution in [0.2, 0.25) is 0 Å². The number of thioether (sulfide) groups is 1. The molecule has 1 atom stereocenters. The van der Waals surface area contributed by atoms with E-state index in [1.807, 2.05) is 0 Å². The Hall–Kier alpha value is -1.32. The zero-order valence-corrected chi connectivity index (χ0v) is 14.2. The number of alkyl halides is 4. The van der Waals surface area contributed by atoms with Crippen molar-refractivity contribution < 1.29 is 31.8 Å². The Bertz CT molecular complexity index is 547. The Balaban J connectivity index is 1.95. The molecule has 0 N–H and O–H groups in total. The lowest BCUT2D eigenvalue weighted by molar-refractivity contribution is -0.161. The third kappa shape index (κ3) is 6.83. The predicted molar refractivity (Wildman–Crippen MR) is 86.2 cm³/mol. The number of carbonyl (C=O) groups excluding carboxylic acids is 1. The normalized spacial score (nSPS) is 18.2. The van der Waals surface area contributed by atoms with Gasteiger partial charge in [-0.1, -0.05) is 0 Å². The molecule has 1 aromatic rings. The molecule has 0 saturated carbocycles. The molecule has 2 rings (SSSR count). The average Bonchev–Trinajstić information content (AvgIpc) is 2.59. The predicted octanol–water partition coefficient (Wildman–Crippen LogP) is 4.14. The standard InChI is InChI=1S/C16H19F4NO3S/c17-11-14(22)21(8-10-24-15-3-1-2-9-23-15)12-4-6-13(7-5-12)25-16(18,19)20/h4-7,15H,1-3,8-11H2. The van der Waals surface area contributed by atoms with Crippen LogP contribution in [0.5, 0.6) is 0 Å². The Labute approximate surface area is 147 Å². The molecule has 1 heterocycles. The largest absolute Gasteiger partial charge is 0.446 e. The van der Waals surface area contributed by atoms with E-state index in [2.05, 4.69) is 0 Å². The van der Waals surface area contributed by atoms with Crippen molar-refractivity contribution in [2.75, 3.05) is 31.3 Å². The second-order valence-electron chi connectivity index (χ2n) is 5.39. The number of benzene rings is 1. The molecule has 1 aliphatic rings. The summed E-state index contributed by atoms with van der Waals surface area (Å²) in [4.78, 5) is 12.9. The van der Waals surface area contributed by atoms with Crippen LogP contribution in [-0.2, 0) is 14.3 Å². The first-order chi connectivity index (χ1) is 11.9. The molecule has 1 aromatic carbocycles. The van der Waals surface area contributed by atoms with E-state index in [4.69, 9.17) is 9.47 Å². The molecule has 1 fully saturated rings. The lowest BCUT2D eigenvalue weighted by atomic mass is 10.2. The summed E-state index contributed by atoms with van der Waals surface area (Å²) in [7, 11) is 0. The zero-order valence-electron chi connectivity index (χ0n) is 13.4. The van der Waals surface area contributed by atoms with Gasteiger partial charge < -0.3 is 14.4 Å². The van der Waals surface area contributed by atoms with Crippen LogP contribution >= 0.6 is 11.8 Å². The van der Waals surface area contributed by atoms with Crippen LogP contribution in [0.4, 0.5) is 23.2 Å². The molecule has 0 spiro atoms. The fourth-order valence-corrected chi connectivity index (χ4v) is 2.96. The smallest absolute Gasteiger partial charge is 0.353 e.